The average Bonchev–Trinajstić information content (AvgIpc) is 2.94. The molecule has 0 spiro atoms. The highest BCUT2D eigenvalue weighted by Gasteiger charge is 2.18. The number of rotatable bonds is 4. The molecule has 5 nitrogen and oxygen atoms in total. The van der Waals surface area contributed by atoms with Crippen LogP contribution in [0.25, 0.3) is 0 Å². The third kappa shape index (κ3) is 2.54. The molecule has 1 heterocycles. The predicted octanol–water partition coefficient (Wildman–Crippen LogP) is 2.77. The fourth-order valence-corrected chi connectivity index (χ4v) is 2.39. The minimum atomic E-state index is 0.195. The Hall–Kier alpha value is -2.56. The number of benzene rings is 2. The van der Waals surface area contributed by atoms with Gasteiger partial charge < -0.3 is 24.2 Å². The number of phenolic OH excluding ortho intramolecular Hbond substituents is 1. The number of anilines is 1. The molecule has 0 bridgehead atoms. The summed E-state index contributed by atoms with van der Waals surface area (Å²) in [7, 11) is 3.59. The highest BCUT2D eigenvalue weighted by molar-refractivity contribution is 5.59. The van der Waals surface area contributed by atoms with E-state index in [1.165, 1.54) is 0 Å². The van der Waals surface area contributed by atoms with Gasteiger partial charge in [-0.3, -0.25) is 0 Å². The SMILES string of the molecule is COc1ccccc1N(C)Cc1cc2c(cc1O)OCO2. The van der Waals surface area contributed by atoms with E-state index >= 15 is 0 Å². The molecule has 2 aromatic rings. The second-order valence-electron chi connectivity index (χ2n) is 4.86. The van der Waals surface area contributed by atoms with E-state index in [0.29, 0.717) is 18.0 Å². The standard InChI is InChI=1S/C16H17NO4/c1-17(12-5-3-4-6-14(12)19-2)9-11-7-15-16(8-13(11)18)21-10-20-15/h3-8,18H,9-10H2,1-2H3. The summed E-state index contributed by atoms with van der Waals surface area (Å²) in [6, 6.07) is 11.2. The molecule has 1 aliphatic rings. The van der Waals surface area contributed by atoms with Gasteiger partial charge in [0.2, 0.25) is 6.79 Å². The van der Waals surface area contributed by atoms with Crippen molar-refractivity contribution in [3.63, 3.8) is 0 Å². The van der Waals surface area contributed by atoms with E-state index in [9.17, 15) is 5.11 Å². The number of phenols is 1. The summed E-state index contributed by atoms with van der Waals surface area (Å²) in [5.41, 5.74) is 1.73. The smallest absolute Gasteiger partial charge is 0.231 e. The maximum atomic E-state index is 10.1. The molecule has 1 N–H and O–H groups in total. The second kappa shape index (κ2) is 5.44. The second-order valence-corrected chi connectivity index (χ2v) is 4.86. The number of hydrogen-bond acceptors (Lipinski definition) is 5. The third-order valence-electron chi connectivity index (χ3n) is 3.48. The number of methoxy groups -OCH3 is 1. The third-order valence-corrected chi connectivity index (χ3v) is 3.48. The zero-order valence-electron chi connectivity index (χ0n) is 12.0. The van der Waals surface area contributed by atoms with Crippen LogP contribution in [-0.2, 0) is 6.54 Å². The number of aromatic hydroxyl groups is 1. The van der Waals surface area contributed by atoms with Crippen LogP contribution in [0.3, 0.4) is 0 Å². The monoisotopic (exact) mass is 287 g/mol. The molecule has 110 valence electrons. The molecule has 0 aliphatic carbocycles. The van der Waals surface area contributed by atoms with Gasteiger partial charge in [-0.05, 0) is 18.2 Å². The first-order chi connectivity index (χ1) is 10.2. The van der Waals surface area contributed by atoms with Gasteiger partial charge in [-0.1, -0.05) is 12.1 Å². The number of ether oxygens (including phenoxy) is 3. The topological polar surface area (TPSA) is 51.2 Å². The Bertz CT molecular complexity index is 657. The van der Waals surface area contributed by atoms with Crippen molar-refractivity contribution >= 4 is 5.69 Å². The van der Waals surface area contributed by atoms with Crippen LogP contribution in [0.5, 0.6) is 23.0 Å². The Balaban J connectivity index is 1.86. The minimum absolute atomic E-state index is 0.195. The van der Waals surface area contributed by atoms with Crippen LogP contribution in [-0.4, -0.2) is 26.1 Å². The first-order valence-corrected chi connectivity index (χ1v) is 6.64. The van der Waals surface area contributed by atoms with Crippen LogP contribution in [0.4, 0.5) is 5.69 Å². The Kier molecular flexibility index (Phi) is 3.48. The molecule has 2 aromatic carbocycles. The maximum absolute atomic E-state index is 10.1. The molecule has 0 saturated heterocycles. The molecular formula is C16H17NO4. The van der Waals surface area contributed by atoms with E-state index in [-0.39, 0.29) is 12.5 Å². The van der Waals surface area contributed by atoms with Crippen molar-refractivity contribution in [2.75, 3.05) is 25.9 Å². The van der Waals surface area contributed by atoms with Crippen LogP contribution in [0.1, 0.15) is 5.56 Å². The highest BCUT2D eigenvalue weighted by Crippen LogP contribution is 2.38. The molecule has 0 fully saturated rings. The van der Waals surface area contributed by atoms with Crippen LogP contribution < -0.4 is 19.1 Å². The number of para-hydroxylation sites is 2. The van der Waals surface area contributed by atoms with Gasteiger partial charge in [0.25, 0.3) is 0 Å². The molecule has 0 aromatic heterocycles. The summed E-state index contributed by atoms with van der Waals surface area (Å²) in [5, 5.41) is 10.1. The molecule has 5 heteroatoms. The lowest BCUT2D eigenvalue weighted by molar-refractivity contribution is 0.174. The zero-order chi connectivity index (χ0) is 14.8. The summed E-state index contributed by atoms with van der Waals surface area (Å²) in [6.07, 6.45) is 0. The van der Waals surface area contributed by atoms with E-state index in [4.69, 9.17) is 14.2 Å². The summed E-state index contributed by atoms with van der Waals surface area (Å²) >= 11 is 0. The summed E-state index contributed by atoms with van der Waals surface area (Å²) in [4.78, 5) is 2.01. The lowest BCUT2D eigenvalue weighted by Gasteiger charge is -2.22. The predicted molar refractivity (Wildman–Crippen MR) is 79.3 cm³/mol. The summed E-state index contributed by atoms with van der Waals surface area (Å²) in [5.74, 6) is 2.23. The van der Waals surface area contributed by atoms with Crippen molar-refractivity contribution in [1.82, 2.24) is 0 Å². The fourth-order valence-electron chi connectivity index (χ4n) is 2.39. The minimum Gasteiger partial charge on any atom is -0.507 e. The van der Waals surface area contributed by atoms with Crippen molar-refractivity contribution < 1.29 is 19.3 Å². The van der Waals surface area contributed by atoms with E-state index < -0.39 is 0 Å². The molecule has 0 radical (unpaired) electrons. The van der Waals surface area contributed by atoms with Gasteiger partial charge in [0.1, 0.15) is 11.5 Å². The molecule has 21 heavy (non-hydrogen) atoms. The van der Waals surface area contributed by atoms with Gasteiger partial charge >= 0.3 is 0 Å². The lowest BCUT2D eigenvalue weighted by Crippen LogP contribution is -2.17. The Labute approximate surface area is 123 Å². The van der Waals surface area contributed by atoms with Gasteiger partial charge in [-0.15, -0.1) is 0 Å². The molecule has 0 atom stereocenters. The van der Waals surface area contributed by atoms with Crippen molar-refractivity contribution in [3.05, 3.63) is 42.0 Å². The van der Waals surface area contributed by atoms with Gasteiger partial charge in [-0.25, -0.2) is 0 Å². The zero-order valence-corrected chi connectivity index (χ0v) is 12.0. The van der Waals surface area contributed by atoms with Gasteiger partial charge in [0.05, 0.1) is 12.8 Å². The first kappa shape index (κ1) is 13.4. The lowest BCUT2D eigenvalue weighted by atomic mass is 10.1. The average molecular weight is 287 g/mol. The van der Waals surface area contributed by atoms with Crippen LogP contribution in [0, 0.1) is 0 Å². The maximum Gasteiger partial charge on any atom is 0.231 e. The van der Waals surface area contributed by atoms with Crippen molar-refractivity contribution in [2.45, 2.75) is 6.54 Å². The molecule has 1 aliphatic heterocycles. The van der Waals surface area contributed by atoms with Crippen molar-refractivity contribution in [1.29, 1.82) is 0 Å². The number of nitrogens with zero attached hydrogens (tertiary/aromatic N) is 1. The van der Waals surface area contributed by atoms with Crippen molar-refractivity contribution in [3.8, 4) is 23.0 Å². The van der Waals surface area contributed by atoms with Crippen LogP contribution in [0.15, 0.2) is 36.4 Å². The van der Waals surface area contributed by atoms with Gasteiger partial charge in [-0.2, -0.15) is 0 Å². The van der Waals surface area contributed by atoms with E-state index in [1.807, 2.05) is 42.3 Å². The van der Waals surface area contributed by atoms with Crippen LogP contribution in [0.2, 0.25) is 0 Å². The fraction of sp³-hybridized carbons (Fsp3) is 0.250. The van der Waals surface area contributed by atoms with Gasteiger partial charge in [0, 0.05) is 25.2 Å². The Morgan fingerprint density at radius 3 is 2.67 bits per heavy atom. The molecular weight excluding hydrogens is 270 g/mol. The normalized spacial score (nSPS) is 12.3. The van der Waals surface area contributed by atoms with E-state index in [1.54, 1.807) is 13.2 Å². The highest BCUT2D eigenvalue weighted by atomic mass is 16.7. The Morgan fingerprint density at radius 1 is 1.19 bits per heavy atom. The summed E-state index contributed by atoms with van der Waals surface area (Å²) < 4.78 is 16.0. The van der Waals surface area contributed by atoms with Crippen molar-refractivity contribution in [2.24, 2.45) is 0 Å². The summed E-state index contributed by atoms with van der Waals surface area (Å²) in [6.45, 7) is 0.726. The molecule has 0 amide bonds. The first-order valence-electron chi connectivity index (χ1n) is 6.64. The van der Waals surface area contributed by atoms with E-state index in [2.05, 4.69) is 0 Å². The largest absolute Gasteiger partial charge is 0.507 e. The molecule has 0 saturated carbocycles. The quantitative estimate of drug-likeness (QED) is 0.937. The number of hydrogen-bond donors (Lipinski definition) is 1. The van der Waals surface area contributed by atoms with Gasteiger partial charge in [0.15, 0.2) is 11.5 Å². The Morgan fingerprint density at radius 2 is 1.90 bits per heavy atom. The molecule has 3 rings (SSSR count). The molecule has 0 unspecified atom stereocenters. The van der Waals surface area contributed by atoms with Crippen LogP contribution >= 0.6 is 0 Å². The number of fused-ring (bicyclic) bond motifs is 1. The van der Waals surface area contributed by atoms with E-state index in [0.717, 1.165) is 17.0 Å².